The number of aliphatic imine (C=N–C) groups is 1. The molecule has 0 amide bonds. The zero-order chi connectivity index (χ0) is 17.7. The monoisotopic (exact) mass is 356 g/mol. The van der Waals surface area contributed by atoms with E-state index in [0.717, 1.165) is 22.3 Å². The molecule has 0 unspecified atom stereocenters. The van der Waals surface area contributed by atoms with Crippen LogP contribution in [0.25, 0.3) is 0 Å². The summed E-state index contributed by atoms with van der Waals surface area (Å²) in [5.74, 6) is 0.513. The number of guanidine groups is 1. The maximum atomic E-state index is 12.5. The molecule has 2 rings (SSSR count). The predicted octanol–water partition coefficient (Wildman–Crippen LogP) is 3.64. The molecule has 8 heteroatoms. The molecule has 4 nitrogen and oxygen atoms in total. The quantitative estimate of drug-likeness (QED) is 0.649. The van der Waals surface area contributed by atoms with Crippen molar-refractivity contribution in [2.24, 2.45) is 4.99 Å². The van der Waals surface area contributed by atoms with Crippen LogP contribution in [0.15, 0.2) is 28.6 Å². The average molecular weight is 356 g/mol. The summed E-state index contributed by atoms with van der Waals surface area (Å²) in [7, 11) is 1.61. The van der Waals surface area contributed by atoms with Crippen LogP contribution in [0.5, 0.6) is 0 Å². The standard InChI is InChI=1S/C16H19F3N4S/c1-10-4-5-12(11(2)6-10)7-21-15(20-3)22-8-14-23-13(9-24-14)16(17,18)19/h4-6,9H,7-8H2,1-3H3,(H2,20,21,22). The number of benzene rings is 1. The minimum atomic E-state index is -4.41. The molecule has 0 aliphatic carbocycles. The third-order valence-corrected chi connectivity index (χ3v) is 4.27. The number of nitrogens with zero attached hydrogens (tertiary/aromatic N) is 2. The number of thiazole rings is 1. The molecule has 0 aliphatic rings. The maximum absolute atomic E-state index is 12.5. The lowest BCUT2D eigenvalue weighted by molar-refractivity contribution is -0.140. The second kappa shape index (κ2) is 7.65. The second-order valence-corrected chi connectivity index (χ2v) is 6.28. The molecule has 0 spiro atoms. The summed E-state index contributed by atoms with van der Waals surface area (Å²) in [6.07, 6.45) is -4.41. The fraction of sp³-hybridized carbons (Fsp3) is 0.375. The van der Waals surface area contributed by atoms with Crippen molar-refractivity contribution >= 4 is 17.3 Å². The number of alkyl halides is 3. The lowest BCUT2D eigenvalue weighted by Gasteiger charge is -2.12. The largest absolute Gasteiger partial charge is 0.434 e. The molecule has 0 aliphatic heterocycles. The van der Waals surface area contributed by atoms with Crippen molar-refractivity contribution < 1.29 is 13.2 Å². The van der Waals surface area contributed by atoms with Crippen LogP contribution in [0.4, 0.5) is 13.2 Å². The zero-order valence-electron chi connectivity index (χ0n) is 13.7. The van der Waals surface area contributed by atoms with Crippen LogP contribution in [0.3, 0.4) is 0 Å². The van der Waals surface area contributed by atoms with Gasteiger partial charge in [0.05, 0.1) is 6.54 Å². The van der Waals surface area contributed by atoms with E-state index in [1.807, 2.05) is 26.0 Å². The van der Waals surface area contributed by atoms with Crippen LogP contribution in [-0.4, -0.2) is 18.0 Å². The Hall–Kier alpha value is -2.09. The van der Waals surface area contributed by atoms with Crippen LogP contribution in [0.1, 0.15) is 27.4 Å². The number of nitrogens with one attached hydrogen (secondary N) is 2. The highest BCUT2D eigenvalue weighted by molar-refractivity contribution is 7.09. The van der Waals surface area contributed by atoms with Crippen LogP contribution >= 0.6 is 11.3 Å². The molecule has 1 aromatic carbocycles. The van der Waals surface area contributed by atoms with Crippen molar-refractivity contribution in [1.82, 2.24) is 15.6 Å². The highest BCUT2D eigenvalue weighted by atomic mass is 32.1. The van der Waals surface area contributed by atoms with Crippen LogP contribution in [0.2, 0.25) is 0 Å². The Balaban J connectivity index is 1.90. The van der Waals surface area contributed by atoms with Gasteiger partial charge in [-0.2, -0.15) is 13.2 Å². The number of hydrogen-bond acceptors (Lipinski definition) is 3. The minimum absolute atomic E-state index is 0.188. The van der Waals surface area contributed by atoms with Crippen molar-refractivity contribution in [3.8, 4) is 0 Å². The first kappa shape index (κ1) is 18.3. The second-order valence-electron chi connectivity index (χ2n) is 5.33. The summed E-state index contributed by atoms with van der Waals surface area (Å²) in [6, 6.07) is 6.18. The van der Waals surface area contributed by atoms with Crippen molar-refractivity contribution in [1.29, 1.82) is 0 Å². The van der Waals surface area contributed by atoms with Gasteiger partial charge in [-0.05, 0) is 25.0 Å². The molecule has 2 aromatic rings. The third kappa shape index (κ3) is 4.95. The van der Waals surface area contributed by atoms with Gasteiger partial charge in [0.2, 0.25) is 0 Å². The van der Waals surface area contributed by atoms with E-state index in [1.165, 1.54) is 11.1 Å². The van der Waals surface area contributed by atoms with Gasteiger partial charge in [-0.15, -0.1) is 11.3 Å². The zero-order valence-corrected chi connectivity index (χ0v) is 14.5. The van der Waals surface area contributed by atoms with E-state index in [-0.39, 0.29) is 6.54 Å². The highest BCUT2D eigenvalue weighted by Gasteiger charge is 2.33. The minimum Gasteiger partial charge on any atom is -0.352 e. The SMILES string of the molecule is CN=C(NCc1nc(C(F)(F)F)cs1)NCc1ccc(C)cc1C. The summed E-state index contributed by atoms with van der Waals surface area (Å²) in [5, 5.41) is 7.49. The van der Waals surface area contributed by atoms with E-state index in [4.69, 9.17) is 0 Å². The smallest absolute Gasteiger partial charge is 0.352 e. The Bertz CT molecular complexity index is 722. The van der Waals surface area contributed by atoms with E-state index < -0.39 is 11.9 Å². The van der Waals surface area contributed by atoms with E-state index >= 15 is 0 Å². The Morgan fingerprint density at radius 1 is 1.21 bits per heavy atom. The highest BCUT2D eigenvalue weighted by Crippen LogP contribution is 2.29. The summed E-state index contributed by atoms with van der Waals surface area (Å²) >= 11 is 0.971. The molecule has 24 heavy (non-hydrogen) atoms. The Morgan fingerprint density at radius 3 is 2.50 bits per heavy atom. The van der Waals surface area contributed by atoms with Gasteiger partial charge in [-0.3, -0.25) is 4.99 Å². The van der Waals surface area contributed by atoms with Crippen molar-refractivity contribution in [3.05, 3.63) is 51.0 Å². The van der Waals surface area contributed by atoms with Gasteiger partial charge in [-0.1, -0.05) is 23.8 Å². The molecule has 0 fully saturated rings. The van der Waals surface area contributed by atoms with Gasteiger partial charge in [0.25, 0.3) is 0 Å². The van der Waals surface area contributed by atoms with E-state index in [1.54, 1.807) is 7.05 Å². The maximum Gasteiger partial charge on any atom is 0.434 e. The summed E-state index contributed by atoms with van der Waals surface area (Å²) in [5.41, 5.74) is 2.65. The first-order valence-corrected chi connectivity index (χ1v) is 8.20. The molecule has 130 valence electrons. The predicted molar refractivity (Wildman–Crippen MR) is 90.1 cm³/mol. The summed E-state index contributed by atoms with van der Waals surface area (Å²) in [4.78, 5) is 7.65. The van der Waals surface area contributed by atoms with Gasteiger partial charge in [0.15, 0.2) is 11.7 Å². The van der Waals surface area contributed by atoms with Gasteiger partial charge in [0.1, 0.15) is 5.01 Å². The van der Waals surface area contributed by atoms with Crippen molar-refractivity contribution in [2.45, 2.75) is 33.1 Å². The van der Waals surface area contributed by atoms with Gasteiger partial charge in [0, 0.05) is 19.0 Å². The molecular weight excluding hydrogens is 337 g/mol. The van der Waals surface area contributed by atoms with Crippen molar-refractivity contribution in [3.63, 3.8) is 0 Å². The summed E-state index contributed by atoms with van der Waals surface area (Å²) in [6.45, 7) is 4.84. The average Bonchev–Trinajstić information content (AvgIpc) is 2.98. The van der Waals surface area contributed by atoms with Crippen molar-refractivity contribution in [2.75, 3.05) is 7.05 Å². The first-order chi connectivity index (χ1) is 11.3. The third-order valence-electron chi connectivity index (χ3n) is 3.42. The number of halogens is 3. The molecule has 1 aromatic heterocycles. The topological polar surface area (TPSA) is 49.3 Å². The normalized spacial score (nSPS) is 12.3. The lowest BCUT2D eigenvalue weighted by Crippen LogP contribution is -2.36. The molecule has 0 radical (unpaired) electrons. The number of rotatable bonds is 4. The fourth-order valence-corrected chi connectivity index (χ4v) is 2.87. The molecule has 0 bridgehead atoms. The van der Waals surface area contributed by atoms with Crippen LogP contribution in [-0.2, 0) is 19.3 Å². The molecule has 0 saturated heterocycles. The van der Waals surface area contributed by atoms with E-state index in [0.29, 0.717) is 17.5 Å². The molecule has 2 N–H and O–H groups in total. The van der Waals surface area contributed by atoms with Crippen LogP contribution < -0.4 is 10.6 Å². The Morgan fingerprint density at radius 2 is 1.92 bits per heavy atom. The number of aryl methyl sites for hydroxylation is 2. The first-order valence-electron chi connectivity index (χ1n) is 7.32. The molecule has 0 atom stereocenters. The van der Waals surface area contributed by atoms with Crippen LogP contribution in [0, 0.1) is 13.8 Å². The van der Waals surface area contributed by atoms with Gasteiger partial charge < -0.3 is 10.6 Å². The Kier molecular flexibility index (Phi) is 5.82. The molecule has 1 heterocycles. The van der Waals surface area contributed by atoms with Gasteiger partial charge in [-0.25, -0.2) is 4.98 Å². The van der Waals surface area contributed by atoms with Gasteiger partial charge >= 0.3 is 6.18 Å². The lowest BCUT2D eigenvalue weighted by atomic mass is 10.1. The van der Waals surface area contributed by atoms with E-state index in [9.17, 15) is 13.2 Å². The fourth-order valence-electron chi connectivity index (χ4n) is 2.13. The molecular formula is C16H19F3N4S. The number of hydrogen-bond donors (Lipinski definition) is 2. The molecule has 0 saturated carbocycles. The van der Waals surface area contributed by atoms with E-state index in [2.05, 4.69) is 26.7 Å². The Labute approximate surface area is 142 Å². The summed E-state index contributed by atoms with van der Waals surface area (Å²) < 4.78 is 37.6. The number of aromatic nitrogens is 1.